The molecule has 0 aromatic heterocycles. The number of sulfone groups is 2. The fourth-order valence-corrected chi connectivity index (χ4v) is 2.16. The highest BCUT2D eigenvalue weighted by Gasteiger charge is 2.20. The Labute approximate surface area is 83.6 Å². The summed E-state index contributed by atoms with van der Waals surface area (Å²) >= 11 is 0. The zero-order chi connectivity index (χ0) is 11.4. The van der Waals surface area contributed by atoms with Gasteiger partial charge >= 0.3 is 0 Å². The van der Waals surface area contributed by atoms with Gasteiger partial charge in [0, 0.05) is 17.2 Å². The van der Waals surface area contributed by atoms with Gasteiger partial charge in [-0.05, 0) is 0 Å². The normalized spacial score (nSPS) is 14.6. The van der Waals surface area contributed by atoms with Crippen LogP contribution in [0.25, 0.3) is 0 Å². The molecule has 0 saturated heterocycles. The summed E-state index contributed by atoms with van der Waals surface area (Å²) in [7, 11) is -7.29. The fourth-order valence-electron chi connectivity index (χ4n) is 0.624. The molecule has 0 aromatic carbocycles. The van der Waals surface area contributed by atoms with Gasteiger partial charge in [-0.2, -0.15) is 0 Å². The molecule has 0 aromatic rings. The second-order valence-electron chi connectivity index (χ2n) is 2.53. The predicted molar refractivity (Wildman–Crippen MR) is 53.7 cm³/mol. The van der Waals surface area contributed by atoms with Gasteiger partial charge in [0.15, 0.2) is 25.1 Å². The molecule has 0 unspecified atom stereocenters. The van der Waals surface area contributed by atoms with Crippen molar-refractivity contribution in [1.29, 1.82) is 0 Å². The van der Waals surface area contributed by atoms with E-state index in [4.69, 9.17) is 5.11 Å². The van der Waals surface area contributed by atoms with E-state index in [-0.39, 0.29) is 6.42 Å². The smallest absolute Gasteiger partial charge is 0.197 e. The molecular weight excluding hydrogens is 228 g/mol. The fraction of sp³-hybridized carbons (Fsp3) is 0.429. The molecule has 0 aliphatic carbocycles. The van der Waals surface area contributed by atoms with E-state index < -0.39 is 30.9 Å². The Balaban J connectivity index is 4.46. The maximum Gasteiger partial charge on any atom is 0.197 e. The molecule has 1 atom stereocenters. The minimum absolute atomic E-state index is 0.386. The summed E-state index contributed by atoms with van der Waals surface area (Å²) in [5.41, 5.74) is -1.73. The zero-order valence-electron chi connectivity index (χ0n) is 7.46. The summed E-state index contributed by atoms with van der Waals surface area (Å²) in [6.45, 7) is 6.05. The Morgan fingerprint density at radius 3 is 2.00 bits per heavy atom. The molecule has 82 valence electrons. The van der Waals surface area contributed by atoms with Crippen LogP contribution in [0.4, 0.5) is 0 Å². The summed E-state index contributed by atoms with van der Waals surface area (Å²) in [4.78, 5) is 0. The summed E-state index contributed by atoms with van der Waals surface area (Å²) in [5.74, 6) is -0.454. The van der Waals surface area contributed by atoms with Crippen molar-refractivity contribution in [3.63, 3.8) is 0 Å². The molecule has 0 heterocycles. The molecule has 14 heavy (non-hydrogen) atoms. The molecule has 0 amide bonds. The third-order valence-corrected chi connectivity index (χ3v) is 4.29. The molecule has 7 heteroatoms. The number of hydrogen-bond acceptors (Lipinski definition) is 5. The molecule has 0 fully saturated rings. The first-order valence-corrected chi connectivity index (χ1v) is 6.97. The van der Waals surface area contributed by atoms with E-state index in [2.05, 4.69) is 13.2 Å². The average molecular weight is 240 g/mol. The summed E-state index contributed by atoms with van der Waals surface area (Å²) in [5, 5.41) is 10.4. The van der Waals surface area contributed by atoms with E-state index in [1.807, 2.05) is 0 Å². The van der Waals surface area contributed by atoms with E-state index >= 15 is 0 Å². The number of hydrogen-bond donors (Lipinski definition) is 1. The third kappa shape index (κ3) is 4.03. The first kappa shape index (κ1) is 13.3. The molecule has 0 radical (unpaired) electrons. The third-order valence-electron chi connectivity index (χ3n) is 1.51. The zero-order valence-corrected chi connectivity index (χ0v) is 9.09. The number of rotatable bonds is 6. The summed E-state index contributed by atoms with van der Waals surface area (Å²) < 4.78 is 43.6. The highest BCUT2D eigenvalue weighted by atomic mass is 32.2. The van der Waals surface area contributed by atoms with Crippen molar-refractivity contribution < 1.29 is 21.9 Å². The standard InChI is InChI=1S/C7H12O5S2/c1-3-13(9,10)6-5-7(8)14(11,12)4-2/h3-4,7-8H,1-2,5-6H2/t7-/m0/s1. The van der Waals surface area contributed by atoms with Gasteiger partial charge in [-0.1, -0.05) is 13.2 Å². The minimum atomic E-state index is -3.81. The van der Waals surface area contributed by atoms with Crippen molar-refractivity contribution in [2.24, 2.45) is 0 Å². The number of aliphatic hydroxyl groups excluding tert-OH is 1. The average Bonchev–Trinajstić information content (AvgIpc) is 2.14. The van der Waals surface area contributed by atoms with Crippen LogP contribution in [-0.4, -0.2) is 33.1 Å². The molecule has 0 aliphatic heterocycles. The molecule has 0 aliphatic rings. The first-order chi connectivity index (χ1) is 6.25. The van der Waals surface area contributed by atoms with Crippen LogP contribution in [0.1, 0.15) is 6.42 Å². The van der Waals surface area contributed by atoms with Gasteiger partial charge < -0.3 is 5.11 Å². The van der Waals surface area contributed by atoms with Crippen LogP contribution in [-0.2, 0) is 19.7 Å². The molecule has 0 spiro atoms. The van der Waals surface area contributed by atoms with Crippen molar-refractivity contribution in [3.8, 4) is 0 Å². The Morgan fingerprint density at radius 1 is 1.14 bits per heavy atom. The Kier molecular flexibility index (Phi) is 4.50. The van der Waals surface area contributed by atoms with Crippen LogP contribution in [0.2, 0.25) is 0 Å². The van der Waals surface area contributed by atoms with Crippen molar-refractivity contribution in [3.05, 3.63) is 24.0 Å². The van der Waals surface area contributed by atoms with Gasteiger partial charge in [-0.3, -0.25) is 0 Å². The quantitative estimate of drug-likeness (QED) is 0.695. The van der Waals surface area contributed by atoms with E-state index in [9.17, 15) is 16.8 Å². The second-order valence-corrected chi connectivity index (χ2v) is 6.66. The summed E-state index contributed by atoms with van der Waals surface area (Å²) in [6, 6.07) is 0. The van der Waals surface area contributed by atoms with Gasteiger partial charge in [0.25, 0.3) is 0 Å². The lowest BCUT2D eigenvalue weighted by atomic mass is 10.5. The maximum absolute atomic E-state index is 10.9. The van der Waals surface area contributed by atoms with Crippen molar-refractivity contribution in [2.75, 3.05) is 5.75 Å². The lowest BCUT2D eigenvalue weighted by molar-refractivity contribution is 0.247. The lowest BCUT2D eigenvalue weighted by Gasteiger charge is -2.07. The van der Waals surface area contributed by atoms with Crippen LogP contribution < -0.4 is 0 Å². The number of aliphatic hydroxyl groups is 1. The van der Waals surface area contributed by atoms with Gasteiger partial charge in [-0.15, -0.1) is 0 Å². The molecule has 0 bridgehead atoms. The van der Waals surface area contributed by atoms with E-state index in [1.165, 1.54) is 0 Å². The Morgan fingerprint density at radius 2 is 1.64 bits per heavy atom. The molecule has 5 nitrogen and oxygen atoms in total. The van der Waals surface area contributed by atoms with Crippen molar-refractivity contribution in [1.82, 2.24) is 0 Å². The SMILES string of the molecule is C=CS(=O)(=O)CC[C@@H](O)S(=O)(=O)C=C. The molecule has 0 saturated carbocycles. The minimum Gasteiger partial charge on any atom is -0.377 e. The topological polar surface area (TPSA) is 88.5 Å². The van der Waals surface area contributed by atoms with Crippen LogP contribution in [0.15, 0.2) is 24.0 Å². The van der Waals surface area contributed by atoms with Gasteiger partial charge in [-0.25, -0.2) is 16.8 Å². The van der Waals surface area contributed by atoms with Gasteiger partial charge in [0.1, 0.15) is 0 Å². The van der Waals surface area contributed by atoms with Crippen molar-refractivity contribution >= 4 is 19.7 Å². The predicted octanol–water partition coefficient (Wildman–Crippen LogP) is -0.189. The Bertz CT molecular complexity index is 403. The largest absolute Gasteiger partial charge is 0.377 e. The highest BCUT2D eigenvalue weighted by Crippen LogP contribution is 2.07. The second kappa shape index (κ2) is 4.72. The molecule has 0 rings (SSSR count). The van der Waals surface area contributed by atoms with E-state index in [1.54, 1.807) is 0 Å². The molecular formula is C7H12O5S2. The van der Waals surface area contributed by atoms with Crippen molar-refractivity contribution in [2.45, 2.75) is 11.9 Å². The van der Waals surface area contributed by atoms with E-state index in [0.29, 0.717) is 5.41 Å². The van der Waals surface area contributed by atoms with Gasteiger partial charge in [0.2, 0.25) is 0 Å². The summed E-state index contributed by atoms with van der Waals surface area (Å²) in [6.07, 6.45) is -0.386. The highest BCUT2D eigenvalue weighted by molar-refractivity contribution is 7.95. The van der Waals surface area contributed by atoms with Crippen LogP contribution >= 0.6 is 0 Å². The van der Waals surface area contributed by atoms with Crippen LogP contribution in [0, 0.1) is 0 Å². The van der Waals surface area contributed by atoms with Gasteiger partial charge in [0.05, 0.1) is 5.75 Å². The van der Waals surface area contributed by atoms with E-state index in [0.717, 1.165) is 5.41 Å². The monoisotopic (exact) mass is 240 g/mol. The Hall–Kier alpha value is -0.660. The lowest BCUT2D eigenvalue weighted by Crippen LogP contribution is -2.21. The maximum atomic E-state index is 10.9. The molecule has 1 N–H and O–H groups in total. The first-order valence-electron chi connectivity index (χ1n) is 3.65. The van der Waals surface area contributed by atoms with Crippen LogP contribution in [0.3, 0.4) is 0 Å². The van der Waals surface area contributed by atoms with Crippen LogP contribution in [0.5, 0.6) is 0 Å².